The summed E-state index contributed by atoms with van der Waals surface area (Å²) >= 11 is 0. The van der Waals surface area contributed by atoms with Crippen LogP contribution in [-0.4, -0.2) is 37.1 Å². The van der Waals surface area contributed by atoms with Gasteiger partial charge in [-0.05, 0) is 106 Å². The predicted octanol–water partition coefficient (Wildman–Crippen LogP) is 6.80. The molecule has 0 saturated heterocycles. The van der Waals surface area contributed by atoms with Crippen LogP contribution in [0.2, 0.25) is 0 Å². The molecule has 46 heavy (non-hydrogen) atoms. The molecule has 1 saturated carbocycles. The number of rotatable bonds is 15. The molecule has 0 radical (unpaired) electrons. The summed E-state index contributed by atoms with van der Waals surface area (Å²) in [7, 11) is -0.943. The Labute approximate surface area is 280 Å². The molecular weight excluding hydrogens is 609 g/mol. The Morgan fingerprint density at radius 3 is 1.67 bits per heavy atom. The summed E-state index contributed by atoms with van der Waals surface area (Å²) in [5.74, 6) is 1.02. The first-order valence-corrected chi connectivity index (χ1v) is 20.2. The van der Waals surface area contributed by atoms with E-state index in [-0.39, 0.29) is 6.10 Å². The lowest BCUT2D eigenvalue weighted by Crippen LogP contribution is -2.28. The van der Waals surface area contributed by atoms with Crippen LogP contribution >= 0.6 is 0 Å². The highest BCUT2D eigenvalue weighted by molar-refractivity contribution is 6.61. The molecule has 2 aliphatic rings. The zero-order chi connectivity index (χ0) is 32.7. The molecule has 1 unspecified atom stereocenters. The van der Waals surface area contributed by atoms with Crippen molar-refractivity contribution in [2.24, 2.45) is 11.8 Å². The number of allylic oxidation sites excluding steroid dienone is 6. The maximum atomic E-state index is 12.6. The van der Waals surface area contributed by atoms with Gasteiger partial charge in [-0.2, -0.15) is 4.89 Å². The monoisotopic (exact) mass is 660 g/mol. The molecule has 2 aromatic rings. The molecular formula is C38H52O6Si2. The lowest BCUT2D eigenvalue weighted by atomic mass is 9.74. The average Bonchev–Trinajstić information content (AvgIpc) is 3.10. The smallest absolute Gasteiger partial charge is 0.293 e. The minimum atomic E-state index is -0.474. The van der Waals surface area contributed by atoms with Gasteiger partial charge in [-0.1, -0.05) is 84.9 Å². The van der Waals surface area contributed by atoms with E-state index in [0.717, 1.165) is 76.4 Å². The standard InChI is InChI=1S/C38H52O6Si2/c1-5-9-33(7-3)45-35-23-15-29(16-24-35)37(39)43-41-31-19-11-27(12-20-31)28-13-21-32(22-14-28)42-44-38(40)30-17-25-36(26-18-30)46-34(8-4)10-6-2/h9-10,15-19,23-28,32H,5-8,11-14,20-22,45-46H2,1-4H3/b33-9+,34-10+. The van der Waals surface area contributed by atoms with Gasteiger partial charge in [0.05, 0.1) is 30.2 Å². The second kappa shape index (κ2) is 18.8. The molecule has 6 nitrogen and oxygen atoms in total. The van der Waals surface area contributed by atoms with Crippen LogP contribution in [0, 0.1) is 11.8 Å². The molecule has 0 spiro atoms. The summed E-state index contributed by atoms with van der Waals surface area (Å²) in [6.45, 7) is 8.76. The van der Waals surface area contributed by atoms with E-state index in [9.17, 15) is 9.59 Å². The normalized spacial score (nSPS) is 21.0. The topological polar surface area (TPSA) is 71.1 Å². The second-order valence-corrected chi connectivity index (χ2v) is 16.8. The van der Waals surface area contributed by atoms with E-state index in [0.29, 0.717) is 23.0 Å². The van der Waals surface area contributed by atoms with Crippen molar-refractivity contribution in [3.63, 3.8) is 0 Å². The van der Waals surface area contributed by atoms with E-state index in [1.165, 1.54) is 10.4 Å². The lowest BCUT2D eigenvalue weighted by molar-refractivity contribution is -0.281. The fraction of sp³-hybridized carbons (Fsp3) is 0.474. The fourth-order valence-corrected chi connectivity index (χ4v) is 9.95. The summed E-state index contributed by atoms with van der Waals surface area (Å²) in [6.07, 6.45) is 17.5. The van der Waals surface area contributed by atoms with E-state index >= 15 is 0 Å². The van der Waals surface area contributed by atoms with Gasteiger partial charge in [0.15, 0.2) is 5.76 Å². The number of hydrogen-bond donors (Lipinski definition) is 0. The Balaban J connectivity index is 1.14. The molecule has 0 aromatic heterocycles. The summed E-state index contributed by atoms with van der Waals surface area (Å²) in [5.41, 5.74) is 1.04. The fourth-order valence-electron chi connectivity index (χ4n) is 6.59. The number of carbonyl (C=O) groups excluding carboxylic acids is 2. The largest absolute Gasteiger partial charge is 0.386 e. The predicted molar refractivity (Wildman–Crippen MR) is 191 cm³/mol. The van der Waals surface area contributed by atoms with Crippen molar-refractivity contribution in [3.05, 3.63) is 94.0 Å². The molecule has 0 bridgehead atoms. The molecule has 248 valence electrons. The molecule has 1 fully saturated rings. The lowest BCUT2D eigenvalue weighted by Gasteiger charge is -2.34. The summed E-state index contributed by atoms with van der Waals surface area (Å²) in [6, 6.07) is 15.6. The van der Waals surface area contributed by atoms with Gasteiger partial charge in [-0.3, -0.25) is 9.78 Å². The first-order chi connectivity index (χ1) is 22.4. The minimum absolute atomic E-state index is 0.0616. The van der Waals surface area contributed by atoms with Gasteiger partial charge in [0, 0.05) is 6.42 Å². The Hall–Kier alpha value is -3.21. The molecule has 8 heteroatoms. The van der Waals surface area contributed by atoms with Crippen LogP contribution in [0.3, 0.4) is 0 Å². The molecule has 1 atom stereocenters. The van der Waals surface area contributed by atoms with Gasteiger partial charge < -0.3 is 0 Å². The molecule has 0 N–H and O–H groups in total. The zero-order valence-electron chi connectivity index (χ0n) is 28.2. The third-order valence-corrected chi connectivity index (χ3v) is 13.7. The average molecular weight is 661 g/mol. The SMILES string of the molecule is CC/C=C(\CC)[SiH2]c1ccc(C(=O)OOC2=CCC(C3CCC(OOC(=O)c4ccc([SiH2]/C(=C/CC)CC)cc4)CC3)CC2)cc1. The van der Waals surface area contributed by atoms with Crippen LogP contribution in [0.25, 0.3) is 0 Å². The molecule has 2 aliphatic carbocycles. The maximum Gasteiger partial charge on any atom is 0.386 e. The summed E-state index contributed by atoms with van der Waals surface area (Å²) < 4.78 is 0. The molecule has 0 aliphatic heterocycles. The van der Waals surface area contributed by atoms with Crippen LogP contribution < -0.4 is 10.4 Å². The Morgan fingerprint density at radius 2 is 1.22 bits per heavy atom. The van der Waals surface area contributed by atoms with Crippen molar-refractivity contribution >= 4 is 41.4 Å². The van der Waals surface area contributed by atoms with Gasteiger partial charge in [0.2, 0.25) is 0 Å². The van der Waals surface area contributed by atoms with Crippen LogP contribution in [0.5, 0.6) is 0 Å². The number of hydrogen-bond acceptors (Lipinski definition) is 6. The highest BCUT2D eigenvalue weighted by Crippen LogP contribution is 2.38. The first-order valence-electron chi connectivity index (χ1n) is 17.4. The third-order valence-electron chi connectivity index (χ3n) is 9.42. The van der Waals surface area contributed by atoms with E-state index in [1.54, 1.807) is 10.4 Å². The first kappa shape index (κ1) is 35.6. The quantitative estimate of drug-likeness (QED) is 0.119. The zero-order valence-corrected chi connectivity index (χ0v) is 31.1. The Kier molecular flexibility index (Phi) is 14.6. The van der Waals surface area contributed by atoms with E-state index < -0.39 is 31.0 Å². The van der Waals surface area contributed by atoms with Crippen molar-refractivity contribution in [2.75, 3.05) is 0 Å². The molecule has 0 heterocycles. The maximum absolute atomic E-state index is 12.6. The van der Waals surface area contributed by atoms with Crippen LogP contribution in [0.1, 0.15) is 119 Å². The van der Waals surface area contributed by atoms with Crippen molar-refractivity contribution in [1.82, 2.24) is 0 Å². The third kappa shape index (κ3) is 11.0. The Bertz CT molecular complexity index is 1350. The van der Waals surface area contributed by atoms with Gasteiger partial charge in [0.25, 0.3) is 0 Å². The van der Waals surface area contributed by atoms with Crippen molar-refractivity contribution in [1.29, 1.82) is 0 Å². The highest BCUT2D eigenvalue weighted by atomic mass is 28.2. The van der Waals surface area contributed by atoms with E-state index in [4.69, 9.17) is 19.6 Å². The Morgan fingerprint density at radius 1 is 0.696 bits per heavy atom. The van der Waals surface area contributed by atoms with Crippen molar-refractivity contribution < 1.29 is 29.1 Å². The highest BCUT2D eigenvalue weighted by Gasteiger charge is 2.31. The van der Waals surface area contributed by atoms with E-state index in [2.05, 4.69) is 58.1 Å². The van der Waals surface area contributed by atoms with Gasteiger partial charge in [-0.25, -0.2) is 14.5 Å². The van der Waals surface area contributed by atoms with Crippen LogP contribution in [-0.2, 0) is 19.6 Å². The summed E-state index contributed by atoms with van der Waals surface area (Å²) in [5, 5.41) is 5.75. The van der Waals surface area contributed by atoms with Crippen molar-refractivity contribution in [2.45, 2.75) is 104 Å². The van der Waals surface area contributed by atoms with Gasteiger partial charge in [0.1, 0.15) is 6.10 Å². The second-order valence-electron chi connectivity index (χ2n) is 12.7. The molecule has 4 rings (SSSR count). The van der Waals surface area contributed by atoms with Gasteiger partial charge >= 0.3 is 11.9 Å². The van der Waals surface area contributed by atoms with Crippen LogP contribution in [0.4, 0.5) is 0 Å². The van der Waals surface area contributed by atoms with Crippen LogP contribution in [0.15, 0.2) is 82.9 Å². The van der Waals surface area contributed by atoms with Gasteiger partial charge in [-0.15, -0.1) is 0 Å². The summed E-state index contributed by atoms with van der Waals surface area (Å²) in [4.78, 5) is 46.6. The minimum Gasteiger partial charge on any atom is -0.293 e. The number of carbonyl (C=O) groups is 2. The molecule has 2 aromatic carbocycles. The molecule has 0 amide bonds. The van der Waals surface area contributed by atoms with Crippen molar-refractivity contribution in [3.8, 4) is 0 Å². The number of benzene rings is 2. The van der Waals surface area contributed by atoms with E-state index in [1.807, 2.05) is 36.4 Å².